The zero-order chi connectivity index (χ0) is 19.1. The number of guanidine groups is 1. The van der Waals surface area contributed by atoms with Gasteiger partial charge in [0.2, 0.25) is 0 Å². The standard InChI is InChI=1S/C20H23N5O2.HI/c1-21-20(24-16-9-10-18(26-2)19(11-16)27-3)22-12-15-13-23-25(14-15)17-7-5-4-6-8-17;/h4-11,13-14H,12H2,1-3H3,(H2,21,22,24);1H. The minimum absolute atomic E-state index is 0. The molecular formula is C20H24IN5O2. The van der Waals surface area contributed by atoms with Crippen molar-refractivity contribution in [3.63, 3.8) is 0 Å². The molecule has 0 bridgehead atoms. The molecule has 0 amide bonds. The van der Waals surface area contributed by atoms with Crippen LogP contribution in [0.2, 0.25) is 0 Å². The maximum atomic E-state index is 5.33. The summed E-state index contributed by atoms with van der Waals surface area (Å²) in [5.41, 5.74) is 2.92. The summed E-state index contributed by atoms with van der Waals surface area (Å²) < 4.78 is 12.4. The molecule has 0 aliphatic carbocycles. The van der Waals surface area contributed by atoms with Crippen molar-refractivity contribution in [2.24, 2.45) is 4.99 Å². The third-order valence-electron chi connectivity index (χ3n) is 3.99. The van der Waals surface area contributed by atoms with Crippen molar-refractivity contribution in [2.75, 3.05) is 26.6 Å². The van der Waals surface area contributed by atoms with Crippen LogP contribution >= 0.6 is 24.0 Å². The van der Waals surface area contributed by atoms with Crippen molar-refractivity contribution in [3.8, 4) is 17.2 Å². The Morgan fingerprint density at radius 1 is 1.07 bits per heavy atom. The number of benzene rings is 2. The van der Waals surface area contributed by atoms with E-state index in [-0.39, 0.29) is 24.0 Å². The minimum Gasteiger partial charge on any atom is -0.493 e. The molecule has 0 atom stereocenters. The maximum Gasteiger partial charge on any atom is 0.195 e. The van der Waals surface area contributed by atoms with Gasteiger partial charge in [0.15, 0.2) is 17.5 Å². The average molecular weight is 493 g/mol. The summed E-state index contributed by atoms with van der Waals surface area (Å²) in [4.78, 5) is 4.26. The number of anilines is 1. The molecule has 1 heterocycles. The lowest BCUT2D eigenvalue weighted by atomic mass is 10.2. The minimum atomic E-state index is 0. The number of rotatable bonds is 6. The fraction of sp³-hybridized carbons (Fsp3) is 0.200. The van der Waals surface area contributed by atoms with Gasteiger partial charge in [0, 0.05) is 37.1 Å². The van der Waals surface area contributed by atoms with Crippen LogP contribution < -0.4 is 20.1 Å². The molecule has 0 saturated heterocycles. The lowest BCUT2D eigenvalue weighted by molar-refractivity contribution is 0.355. The summed E-state index contributed by atoms with van der Waals surface area (Å²) in [5, 5.41) is 10.9. The highest BCUT2D eigenvalue weighted by Crippen LogP contribution is 2.29. The van der Waals surface area contributed by atoms with Gasteiger partial charge in [-0.25, -0.2) is 4.68 Å². The summed E-state index contributed by atoms with van der Waals surface area (Å²) in [6.45, 7) is 0.597. The predicted octanol–water partition coefficient (Wildman–Crippen LogP) is 3.70. The lowest BCUT2D eigenvalue weighted by Gasteiger charge is -2.13. The molecule has 28 heavy (non-hydrogen) atoms. The van der Waals surface area contributed by atoms with Crippen LogP contribution in [0.3, 0.4) is 0 Å². The number of nitrogens with zero attached hydrogens (tertiary/aromatic N) is 3. The second-order valence-electron chi connectivity index (χ2n) is 5.75. The van der Waals surface area contributed by atoms with Crippen LogP contribution in [0.5, 0.6) is 11.5 Å². The van der Waals surface area contributed by atoms with Gasteiger partial charge in [-0.1, -0.05) is 18.2 Å². The van der Waals surface area contributed by atoms with Crippen molar-refractivity contribution >= 4 is 35.6 Å². The van der Waals surface area contributed by atoms with Crippen molar-refractivity contribution in [1.82, 2.24) is 15.1 Å². The van der Waals surface area contributed by atoms with E-state index in [0.717, 1.165) is 16.9 Å². The Morgan fingerprint density at radius 2 is 1.82 bits per heavy atom. The molecule has 0 unspecified atom stereocenters. The van der Waals surface area contributed by atoms with Crippen LogP contribution in [0.4, 0.5) is 5.69 Å². The highest BCUT2D eigenvalue weighted by atomic mass is 127. The quantitative estimate of drug-likeness (QED) is 0.312. The Kier molecular flexibility index (Phi) is 8.12. The first-order valence-electron chi connectivity index (χ1n) is 8.52. The lowest BCUT2D eigenvalue weighted by Crippen LogP contribution is -2.30. The summed E-state index contributed by atoms with van der Waals surface area (Å²) in [6, 6.07) is 15.6. The van der Waals surface area contributed by atoms with Gasteiger partial charge in [-0.2, -0.15) is 5.10 Å². The molecule has 0 spiro atoms. The molecule has 3 rings (SSSR count). The number of halogens is 1. The van der Waals surface area contributed by atoms with E-state index >= 15 is 0 Å². The van der Waals surface area contributed by atoms with E-state index in [1.54, 1.807) is 21.3 Å². The van der Waals surface area contributed by atoms with Crippen molar-refractivity contribution in [1.29, 1.82) is 0 Å². The van der Waals surface area contributed by atoms with Crippen molar-refractivity contribution in [2.45, 2.75) is 6.54 Å². The molecule has 0 fully saturated rings. The molecule has 2 N–H and O–H groups in total. The van der Waals surface area contributed by atoms with Crippen LogP contribution in [0.1, 0.15) is 5.56 Å². The normalized spacial score (nSPS) is 10.8. The Balaban J connectivity index is 0.00000280. The molecule has 0 aliphatic rings. The number of ether oxygens (including phenoxy) is 2. The Bertz CT molecular complexity index is 912. The van der Waals surface area contributed by atoms with Crippen molar-refractivity contribution < 1.29 is 9.47 Å². The zero-order valence-corrected chi connectivity index (χ0v) is 18.4. The predicted molar refractivity (Wildman–Crippen MR) is 122 cm³/mol. The number of para-hydroxylation sites is 1. The smallest absolute Gasteiger partial charge is 0.195 e. The molecule has 0 aliphatic heterocycles. The van der Waals surface area contributed by atoms with E-state index in [2.05, 4.69) is 20.7 Å². The second-order valence-corrected chi connectivity index (χ2v) is 5.75. The number of hydrogen-bond acceptors (Lipinski definition) is 4. The van der Waals surface area contributed by atoms with Crippen LogP contribution in [-0.4, -0.2) is 37.0 Å². The average Bonchev–Trinajstić information content (AvgIpc) is 3.20. The van der Waals surface area contributed by atoms with E-state index in [9.17, 15) is 0 Å². The molecular weight excluding hydrogens is 469 g/mol. The maximum absolute atomic E-state index is 5.33. The molecule has 2 aromatic carbocycles. The first-order chi connectivity index (χ1) is 13.2. The third-order valence-corrected chi connectivity index (χ3v) is 3.99. The highest BCUT2D eigenvalue weighted by Gasteiger charge is 2.07. The van der Waals surface area contributed by atoms with Gasteiger partial charge < -0.3 is 20.1 Å². The van der Waals surface area contributed by atoms with E-state index in [4.69, 9.17) is 9.47 Å². The first kappa shape index (κ1) is 21.5. The summed E-state index contributed by atoms with van der Waals surface area (Å²) >= 11 is 0. The molecule has 1 aromatic heterocycles. The van der Waals surface area contributed by atoms with Crippen molar-refractivity contribution in [3.05, 3.63) is 66.5 Å². The summed E-state index contributed by atoms with van der Waals surface area (Å²) in [7, 11) is 4.95. The monoisotopic (exact) mass is 493 g/mol. The third kappa shape index (κ3) is 5.38. The second kappa shape index (κ2) is 10.5. The van der Waals surface area contributed by atoms with Gasteiger partial charge >= 0.3 is 0 Å². The van der Waals surface area contributed by atoms with E-state index in [1.165, 1.54) is 0 Å². The number of methoxy groups -OCH3 is 2. The number of aromatic nitrogens is 2. The molecule has 3 aromatic rings. The fourth-order valence-corrected chi connectivity index (χ4v) is 2.59. The largest absolute Gasteiger partial charge is 0.493 e. The topological polar surface area (TPSA) is 72.7 Å². The van der Waals surface area contributed by atoms with Gasteiger partial charge in [0.25, 0.3) is 0 Å². The Labute approximate surface area is 181 Å². The highest BCUT2D eigenvalue weighted by molar-refractivity contribution is 14.0. The SMILES string of the molecule is CN=C(NCc1cnn(-c2ccccc2)c1)Nc1ccc(OC)c(OC)c1.I. The molecule has 0 radical (unpaired) electrons. The summed E-state index contributed by atoms with van der Waals surface area (Å²) in [6.07, 6.45) is 3.83. The van der Waals surface area contributed by atoms with Crippen LogP contribution in [-0.2, 0) is 6.54 Å². The molecule has 8 heteroatoms. The van der Waals surface area contributed by atoms with Gasteiger partial charge in [-0.15, -0.1) is 24.0 Å². The first-order valence-corrected chi connectivity index (χ1v) is 8.52. The molecule has 148 valence electrons. The van der Waals surface area contributed by atoms with Crippen LogP contribution in [0.15, 0.2) is 65.9 Å². The van der Waals surface area contributed by atoms with E-state index in [0.29, 0.717) is 24.0 Å². The Morgan fingerprint density at radius 3 is 2.50 bits per heavy atom. The molecule has 0 saturated carbocycles. The van der Waals surface area contributed by atoms with Crippen LogP contribution in [0.25, 0.3) is 5.69 Å². The van der Waals surface area contributed by atoms with Crippen LogP contribution in [0, 0.1) is 0 Å². The number of hydrogen-bond donors (Lipinski definition) is 2. The summed E-state index contributed by atoms with van der Waals surface area (Å²) in [5.74, 6) is 1.98. The van der Waals surface area contributed by atoms with Gasteiger partial charge in [0.1, 0.15) is 0 Å². The Hall–Kier alpha value is -2.75. The van der Waals surface area contributed by atoms with E-state index < -0.39 is 0 Å². The molecule has 7 nitrogen and oxygen atoms in total. The zero-order valence-electron chi connectivity index (χ0n) is 16.0. The van der Waals surface area contributed by atoms with Gasteiger partial charge in [-0.3, -0.25) is 4.99 Å². The van der Waals surface area contributed by atoms with E-state index in [1.807, 2.05) is 65.6 Å². The number of aliphatic imine (C=N–C) groups is 1. The fourth-order valence-electron chi connectivity index (χ4n) is 2.59. The van der Waals surface area contributed by atoms with Gasteiger partial charge in [-0.05, 0) is 24.3 Å². The number of nitrogens with one attached hydrogen (secondary N) is 2. The van der Waals surface area contributed by atoms with Gasteiger partial charge in [0.05, 0.1) is 26.1 Å².